The van der Waals surface area contributed by atoms with E-state index in [1.165, 1.54) is 17.6 Å². The molecule has 0 unspecified atom stereocenters. The Morgan fingerprint density at radius 3 is 2.73 bits per heavy atom. The molecule has 0 saturated carbocycles. The second-order valence-corrected chi connectivity index (χ2v) is 6.96. The third kappa shape index (κ3) is 4.16. The average Bonchev–Trinajstić information content (AvgIpc) is 3.13. The SMILES string of the molecule is COc1ccc(CC(=O)OCC(=O)N2CCc3sccc3C2)cc1OC. The molecule has 138 valence electrons. The Hall–Kier alpha value is -2.54. The van der Waals surface area contributed by atoms with E-state index in [0.717, 1.165) is 12.0 Å². The van der Waals surface area contributed by atoms with Crippen molar-refractivity contribution in [2.24, 2.45) is 0 Å². The fraction of sp³-hybridized carbons (Fsp3) is 0.368. The highest BCUT2D eigenvalue weighted by Gasteiger charge is 2.22. The van der Waals surface area contributed by atoms with Crippen LogP contribution in [0.2, 0.25) is 0 Å². The second kappa shape index (κ2) is 8.23. The number of thiophene rings is 1. The zero-order chi connectivity index (χ0) is 18.5. The normalized spacial score (nSPS) is 13.1. The lowest BCUT2D eigenvalue weighted by molar-refractivity contribution is -0.151. The molecule has 1 aromatic heterocycles. The van der Waals surface area contributed by atoms with Gasteiger partial charge in [0.2, 0.25) is 0 Å². The number of methoxy groups -OCH3 is 2. The number of carbonyl (C=O) groups is 2. The molecule has 1 aliphatic rings. The van der Waals surface area contributed by atoms with Crippen LogP contribution in [0.15, 0.2) is 29.6 Å². The predicted octanol–water partition coefficient (Wildman–Crippen LogP) is 2.44. The van der Waals surface area contributed by atoms with Gasteiger partial charge >= 0.3 is 5.97 Å². The van der Waals surface area contributed by atoms with E-state index < -0.39 is 5.97 Å². The molecule has 0 atom stereocenters. The van der Waals surface area contributed by atoms with Crippen LogP contribution in [0.5, 0.6) is 11.5 Å². The maximum absolute atomic E-state index is 12.3. The third-order valence-corrected chi connectivity index (χ3v) is 5.34. The van der Waals surface area contributed by atoms with Crippen LogP contribution in [0.1, 0.15) is 16.0 Å². The number of esters is 1. The van der Waals surface area contributed by atoms with Crippen molar-refractivity contribution in [2.45, 2.75) is 19.4 Å². The maximum atomic E-state index is 12.3. The van der Waals surface area contributed by atoms with Crippen LogP contribution in [0.4, 0.5) is 0 Å². The number of fused-ring (bicyclic) bond motifs is 1. The predicted molar refractivity (Wildman–Crippen MR) is 97.6 cm³/mol. The van der Waals surface area contributed by atoms with Crippen LogP contribution < -0.4 is 9.47 Å². The number of hydrogen-bond acceptors (Lipinski definition) is 6. The molecule has 0 spiro atoms. The first-order valence-electron chi connectivity index (χ1n) is 8.30. The zero-order valence-corrected chi connectivity index (χ0v) is 15.6. The van der Waals surface area contributed by atoms with Crippen LogP contribution >= 0.6 is 11.3 Å². The highest BCUT2D eigenvalue weighted by Crippen LogP contribution is 2.28. The molecule has 0 bridgehead atoms. The number of nitrogens with zero attached hydrogens (tertiary/aromatic N) is 1. The summed E-state index contributed by atoms with van der Waals surface area (Å²) >= 11 is 1.72. The van der Waals surface area contributed by atoms with Gasteiger partial charge in [0.05, 0.1) is 20.6 Å². The Kier molecular flexibility index (Phi) is 5.78. The number of rotatable bonds is 6. The lowest BCUT2D eigenvalue weighted by Gasteiger charge is -2.26. The van der Waals surface area contributed by atoms with Gasteiger partial charge in [0.1, 0.15) is 0 Å². The molecule has 7 heteroatoms. The molecule has 2 aromatic rings. The molecule has 0 aliphatic carbocycles. The average molecular weight is 375 g/mol. The first-order chi connectivity index (χ1) is 12.6. The lowest BCUT2D eigenvalue weighted by atomic mass is 10.1. The largest absolute Gasteiger partial charge is 0.493 e. The van der Waals surface area contributed by atoms with Crippen LogP contribution in [-0.2, 0) is 33.7 Å². The molecule has 1 aliphatic heterocycles. The van der Waals surface area contributed by atoms with Crippen LogP contribution in [0.3, 0.4) is 0 Å². The minimum atomic E-state index is -0.446. The Balaban J connectivity index is 1.50. The minimum absolute atomic E-state index is 0.0717. The summed E-state index contributed by atoms with van der Waals surface area (Å²) in [4.78, 5) is 27.4. The summed E-state index contributed by atoms with van der Waals surface area (Å²) in [6.45, 7) is 1.02. The molecular weight excluding hydrogens is 354 g/mol. The Labute approximate surface area is 156 Å². The van der Waals surface area contributed by atoms with Crippen molar-refractivity contribution in [1.29, 1.82) is 0 Å². The summed E-state index contributed by atoms with van der Waals surface area (Å²) in [7, 11) is 3.09. The topological polar surface area (TPSA) is 65.1 Å². The van der Waals surface area contributed by atoms with Gasteiger partial charge in [-0.1, -0.05) is 6.07 Å². The van der Waals surface area contributed by atoms with Crippen LogP contribution in [0, 0.1) is 0 Å². The first-order valence-corrected chi connectivity index (χ1v) is 9.18. The highest BCUT2D eigenvalue weighted by molar-refractivity contribution is 7.10. The van der Waals surface area contributed by atoms with E-state index in [1.807, 2.05) is 11.4 Å². The van der Waals surface area contributed by atoms with Crippen molar-refractivity contribution in [1.82, 2.24) is 4.90 Å². The van der Waals surface area contributed by atoms with Crippen molar-refractivity contribution >= 4 is 23.2 Å². The number of ether oxygens (including phenoxy) is 3. The molecule has 0 saturated heterocycles. The molecule has 3 rings (SSSR count). The van der Waals surface area contributed by atoms with Crippen molar-refractivity contribution in [2.75, 3.05) is 27.4 Å². The number of amides is 1. The van der Waals surface area contributed by atoms with Gasteiger partial charge in [-0.15, -0.1) is 11.3 Å². The molecule has 6 nitrogen and oxygen atoms in total. The van der Waals surface area contributed by atoms with E-state index in [0.29, 0.717) is 24.6 Å². The molecule has 26 heavy (non-hydrogen) atoms. The van der Waals surface area contributed by atoms with Crippen molar-refractivity contribution < 1.29 is 23.8 Å². The molecular formula is C19H21NO5S. The minimum Gasteiger partial charge on any atom is -0.493 e. The van der Waals surface area contributed by atoms with Gasteiger partial charge in [-0.05, 0) is 41.1 Å². The number of benzene rings is 1. The highest BCUT2D eigenvalue weighted by atomic mass is 32.1. The molecule has 0 N–H and O–H groups in total. The summed E-state index contributed by atoms with van der Waals surface area (Å²) in [6.07, 6.45) is 0.931. The standard InChI is InChI=1S/C19H21NO5S/c1-23-15-4-3-13(9-16(15)24-2)10-19(22)25-12-18(21)20-7-5-17-14(11-20)6-8-26-17/h3-4,6,8-9H,5,7,10-12H2,1-2H3. The second-order valence-electron chi connectivity index (χ2n) is 5.96. The van der Waals surface area contributed by atoms with E-state index in [-0.39, 0.29) is 18.9 Å². The third-order valence-electron chi connectivity index (χ3n) is 4.31. The van der Waals surface area contributed by atoms with E-state index in [9.17, 15) is 9.59 Å². The van der Waals surface area contributed by atoms with Crippen molar-refractivity contribution in [3.05, 3.63) is 45.6 Å². The fourth-order valence-electron chi connectivity index (χ4n) is 2.90. The fourth-order valence-corrected chi connectivity index (χ4v) is 3.79. The van der Waals surface area contributed by atoms with Gasteiger partial charge in [0, 0.05) is 18.0 Å². The molecule has 1 aromatic carbocycles. The Bertz CT molecular complexity index is 801. The van der Waals surface area contributed by atoms with Gasteiger partial charge in [-0.3, -0.25) is 9.59 Å². The zero-order valence-electron chi connectivity index (χ0n) is 14.8. The summed E-state index contributed by atoms with van der Waals surface area (Å²) in [5.41, 5.74) is 1.92. The lowest BCUT2D eigenvalue weighted by Crippen LogP contribution is -2.38. The monoisotopic (exact) mass is 375 g/mol. The van der Waals surface area contributed by atoms with Gasteiger partial charge < -0.3 is 19.1 Å². The van der Waals surface area contributed by atoms with Gasteiger partial charge in [-0.2, -0.15) is 0 Å². The summed E-state index contributed by atoms with van der Waals surface area (Å²) in [6, 6.07) is 7.28. The number of carbonyl (C=O) groups excluding carboxylic acids is 2. The molecule has 0 radical (unpaired) electrons. The van der Waals surface area contributed by atoms with Gasteiger partial charge in [-0.25, -0.2) is 0 Å². The quantitative estimate of drug-likeness (QED) is 0.726. The maximum Gasteiger partial charge on any atom is 0.310 e. The molecule has 0 fully saturated rings. The first kappa shape index (κ1) is 18.3. The van der Waals surface area contributed by atoms with E-state index in [4.69, 9.17) is 14.2 Å². The Morgan fingerprint density at radius 2 is 1.96 bits per heavy atom. The van der Waals surface area contributed by atoms with Crippen LogP contribution in [-0.4, -0.2) is 44.1 Å². The summed E-state index contributed by atoms with van der Waals surface area (Å²) < 4.78 is 15.6. The summed E-state index contributed by atoms with van der Waals surface area (Å²) in [5, 5.41) is 2.04. The molecule has 2 heterocycles. The van der Waals surface area contributed by atoms with Crippen LogP contribution in [0.25, 0.3) is 0 Å². The summed E-state index contributed by atoms with van der Waals surface area (Å²) in [5.74, 6) is 0.535. The smallest absolute Gasteiger partial charge is 0.310 e. The number of hydrogen-bond donors (Lipinski definition) is 0. The van der Waals surface area contributed by atoms with E-state index in [1.54, 1.807) is 41.5 Å². The van der Waals surface area contributed by atoms with Crippen molar-refractivity contribution in [3.8, 4) is 11.5 Å². The van der Waals surface area contributed by atoms with Gasteiger partial charge in [0.25, 0.3) is 5.91 Å². The van der Waals surface area contributed by atoms with E-state index in [2.05, 4.69) is 0 Å². The van der Waals surface area contributed by atoms with Gasteiger partial charge in [0.15, 0.2) is 18.1 Å². The molecule has 1 amide bonds. The van der Waals surface area contributed by atoms with Crippen molar-refractivity contribution in [3.63, 3.8) is 0 Å². The Morgan fingerprint density at radius 1 is 1.15 bits per heavy atom. The van der Waals surface area contributed by atoms with E-state index >= 15 is 0 Å².